The van der Waals surface area contributed by atoms with Crippen LogP contribution in [0.1, 0.15) is 44.7 Å². The Morgan fingerprint density at radius 2 is 1.80 bits per heavy atom. The lowest BCUT2D eigenvalue weighted by molar-refractivity contribution is -0.192. The Morgan fingerprint density at radius 3 is 2.31 bits per heavy atom. The largest absolute Gasteiger partial charge is 0.490 e. The number of halogens is 3. The molecule has 1 saturated heterocycles. The van der Waals surface area contributed by atoms with E-state index in [2.05, 4.69) is 37.0 Å². The minimum absolute atomic E-state index is 0.285. The van der Waals surface area contributed by atoms with Gasteiger partial charge in [-0.15, -0.1) is 0 Å². The molecule has 0 saturated carbocycles. The van der Waals surface area contributed by atoms with Gasteiger partial charge in [0.15, 0.2) is 0 Å². The van der Waals surface area contributed by atoms with Crippen molar-refractivity contribution in [2.75, 3.05) is 23.9 Å². The van der Waals surface area contributed by atoms with E-state index in [9.17, 15) is 21.6 Å². The molecule has 8 nitrogen and oxygen atoms in total. The number of sulfonamides is 1. The summed E-state index contributed by atoms with van der Waals surface area (Å²) in [6.07, 6.45) is 0.196. The van der Waals surface area contributed by atoms with Gasteiger partial charge in [-0.25, -0.2) is 13.2 Å². The summed E-state index contributed by atoms with van der Waals surface area (Å²) in [6, 6.07) is 7.91. The second-order valence-electron chi connectivity index (χ2n) is 9.22. The van der Waals surface area contributed by atoms with Gasteiger partial charge in [0.1, 0.15) is 4.75 Å². The fourth-order valence-corrected chi connectivity index (χ4v) is 7.09. The van der Waals surface area contributed by atoms with Gasteiger partial charge in [-0.3, -0.25) is 13.9 Å². The maximum Gasteiger partial charge on any atom is 0.490 e. The number of nitrogens with zero attached hydrogens (tertiary/aromatic N) is 4. The Kier molecular flexibility index (Phi) is 7.85. The van der Waals surface area contributed by atoms with Gasteiger partial charge < -0.3 is 5.11 Å². The van der Waals surface area contributed by atoms with Crippen molar-refractivity contribution in [1.29, 1.82) is 0 Å². The molecule has 3 heterocycles. The molecule has 2 aliphatic heterocycles. The van der Waals surface area contributed by atoms with Crippen LogP contribution in [-0.2, 0) is 32.7 Å². The molecule has 0 radical (unpaired) electrons. The van der Waals surface area contributed by atoms with E-state index in [1.54, 1.807) is 4.31 Å². The van der Waals surface area contributed by atoms with Crippen molar-refractivity contribution in [3.63, 3.8) is 0 Å². The molecule has 4 rings (SSSR count). The summed E-state index contributed by atoms with van der Waals surface area (Å²) in [5.41, 5.74) is 3.07. The molecule has 1 aromatic carbocycles. The van der Waals surface area contributed by atoms with E-state index >= 15 is 0 Å². The van der Waals surface area contributed by atoms with Crippen LogP contribution in [-0.4, -0.2) is 60.0 Å². The number of benzene rings is 1. The number of carboxylic acid groups (broad SMARTS) is 1. The minimum Gasteiger partial charge on any atom is -0.475 e. The Morgan fingerprint density at radius 1 is 1.20 bits per heavy atom. The third kappa shape index (κ3) is 5.48. The van der Waals surface area contributed by atoms with Crippen molar-refractivity contribution in [2.24, 2.45) is 5.92 Å². The topological polar surface area (TPSA) is 95.7 Å². The van der Waals surface area contributed by atoms with E-state index in [4.69, 9.17) is 9.90 Å². The summed E-state index contributed by atoms with van der Waals surface area (Å²) < 4.78 is 61.9. The number of alkyl halides is 3. The summed E-state index contributed by atoms with van der Waals surface area (Å²) in [5, 5.41) is 11.5. The van der Waals surface area contributed by atoms with Gasteiger partial charge in [0.05, 0.1) is 11.9 Å². The van der Waals surface area contributed by atoms with Gasteiger partial charge in [-0.05, 0) is 37.3 Å². The number of rotatable bonds is 5. The zero-order valence-electron chi connectivity index (χ0n) is 20.0. The average molecular weight is 517 g/mol. The summed E-state index contributed by atoms with van der Waals surface area (Å²) >= 11 is 0. The van der Waals surface area contributed by atoms with Crippen molar-refractivity contribution in [3.8, 4) is 0 Å². The van der Waals surface area contributed by atoms with Crippen molar-refractivity contribution in [2.45, 2.75) is 57.6 Å². The molecule has 1 fully saturated rings. The smallest absolute Gasteiger partial charge is 0.475 e. The number of aromatic nitrogens is 2. The zero-order chi connectivity index (χ0) is 26.0. The normalized spacial score (nSPS) is 18.9. The molecule has 1 spiro atoms. The van der Waals surface area contributed by atoms with E-state index in [0.717, 1.165) is 37.4 Å². The first-order chi connectivity index (χ1) is 16.3. The van der Waals surface area contributed by atoms with Crippen molar-refractivity contribution >= 4 is 21.7 Å². The van der Waals surface area contributed by atoms with Crippen LogP contribution < -0.4 is 4.31 Å². The van der Waals surface area contributed by atoms with Gasteiger partial charge in [0, 0.05) is 44.5 Å². The first kappa shape index (κ1) is 27.0. The number of carboxylic acids is 1. The molecule has 1 N–H and O–H groups in total. The van der Waals surface area contributed by atoms with Crippen LogP contribution in [0, 0.1) is 5.92 Å². The average Bonchev–Trinajstić information content (AvgIpc) is 3.31. The number of piperidine rings is 1. The molecule has 1 aromatic heterocycles. The number of carbonyl (C=O) groups is 1. The lowest BCUT2D eigenvalue weighted by atomic mass is 9.87. The van der Waals surface area contributed by atoms with Crippen molar-refractivity contribution in [3.05, 3.63) is 47.8 Å². The summed E-state index contributed by atoms with van der Waals surface area (Å²) in [5.74, 6) is -2.47. The van der Waals surface area contributed by atoms with E-state index in [-0.39, 0.29) is 5.92 Å². The number of anilines is 1. The second-order valence-corrected chi connectivity index (χ2v) is 11.4. The molecule has 0 unspecified atom stereocenters. The van der Waals surface area contributed by atoms with Crippen LogP contribution >= 0.6 is 0 Å². The predicted octanol–water partition coefficient (Wildman–Crippen LogP) is 3.83. The number of para-hydroxylation sites is 1. The van der Waals surface area contributed by atoms with Gasteiger partial charge >= 0.3 is 12.1 Å². The molecular formula is C23H31F3N4O4S. The Bertz CT molecular complexity index is 1140. The number of aliphatic carboxylic acids is 1. The van der Waals surface area contributed by atoms with Crippen molar-refractivity contribution in [1.82, 2.24) is 14.7 Å². The standard InChI is InChI=1S/C21H30N4O2S.C2HF3O2/c1-4-24-16-18(13-22-24)15-23-11-9-21(10-12-23)19-7-5-6-8-20(19)25(14-17(2)3)28(21,26)27;3-2(4,5)1(6)7/h5-8,13,16-17H,4,9-12,14-15H2,1-3H3;(H,6,7). The predicted molar refractivity (Wildman–Crippen MR) is 125 cm³/mol. The van der Waals surface area contributed by atoms with Crippen LogP contribution in [0.25, 0.3) is 0 Å². The molecule has 2 aromatic rings. The van der Waals surface area contributed by atoms with E-state index in [1.807, 2.05) is 35.1 Å². The van der Waals surface area contributed by atoms with E-state index in [1.165, 1.54) is 5.56 Å². The van der Waals surface area contributed by atoms with E-state index in [0.29, 0.717) is 19.4 Å². The zero-order valence-corrected chi connectivity index (χ0v) is 20.8. The van der Waals surface area contributed by atoms with Crippen LogP contribution in [0.15, 0.2) is 36.7 Å². The van der Waals surface area contributed by atoms with Crippen molar-refractivity contribution < 1.29 is 31.5 Å². The first-order valence-corrected chi connectivity index (χ1v) is 12.9. The van der Waals surface area contributed by atoms with Crippen LogP contribution in [0.5, 0.6) is 0 Å². The number of likely N-dealkylation sites (tertiary alicyclic amines) is 1. The van der Waals surface area contributed by atoms with Gasteiger partial charge in [-0.1, -0.05) is 32.0 Å². The highest BCUT2D eigenvalue weighted by Gasteiger charge is 2.56. The monoisotopic (exact) mass is 516 g/mol. The van der Waals surface area contributed by atoms with Gasteiger partial charge in [-0.2, -0.15) is 18.3 Å². The molecule has 0 bridgehead atoms. The molecular weight excluding hydrogens is 485 g/mol. The lowest BCUT2D eigenvalue weighted by Gasteiger charge is -2.39. The SMILES string of the molecule is CCn1cc(CN2CCC3(CC2)c2ccccc2N(CC(C)C)S3(=O)=O)cn1.O=C(O)C(F)(F)F. The quantitative estimate of drug-likeness (QED) is 0.649. The van der Waals surface area contributed by atoms with Crippen LogP contribution in [0.2, 0.25) is 0 Å². The fraction of sp³-hybridized carbons (Fsp3) is 0.565. The molecule has 2 aliphatic rings. The molecule has 12 heteroatoms. The molecule has 0 amide bonds. The fourth-order valence-electron chi connectivity index (χ4n) is 4.60. The van der Waals surface area contributed by atoms with Crippen LogP contribution in [0.4, 0.5) is 18.9 Å². The highest BCUT2D eigenvalue weighted by molar-refractivity contribution is 7.94. The van der Waals surface area contributed by atoms with Gasteiger partial charge in [0.2, 0.25) is 10.0 Å². The summed E-state index contributed by atoms with van der Waals surface area (Å²) in [4.78, 5) is 11.2. The third-order valence-electron chi connectivity index (χ3n) is 6.30. The Hall–Kier alpha value is -2.60. The second kappa shape index (κ2) is 10.2. The Balaban J connectivity index is 0.000000429. The minimum atomic E-state index is -5.08. The number of fused-ring (bicyclic) bond motifs is 2. The Labute approximate surface area is 203 Å². The summed E-state index contributed by atoms with van der Waals surface area (Å²) in [7, 11) is -3.41. The maximum absolute atomic E-state index is 13.7. The molecule has 35 heavy (non-hydrogen) atoms. The lowest BCUT2D eigenvalue weighted by Crippen LogP contribution is -2.48. The number of hydrogen-bond acceptors (Lipinski definition) is 5. The highest BCUT2D eigenvalue weighted by atomic mass is 32.2. The maximum atomic E-state index is 13.7. The number of hydrogen-bond donors (Lipinski definition) is 1. The molecule has 0 atom stereocenters. The van der Waals surface area contributed by atoms with Gasteiger partial charge in [0.25, 0.3) is 0 Å². The third-order valence-corrected chi connectivity index (χ3v) is 8.84. The summed E-state index contributed by atoms with van der Waals surface area (Å²) in [6.45, 7) is 10.0. The van der Waals surface area contributed by atoms with E-state index < -0.39 is 26.9 Å². The molecule has 0 aliphatic carbocycles. The molecule has 194 valence electrons. The van der Waals surface area contributed by atoms with Crippen LogP contribution in [0.3, 0.4) is 0 Å². The first-order valence-electron chi connectivity index (χ1n) is 11.5. The number of aryl methyl sites for hydroxylation is 1. The highest BCUT2D eigenvalue weighted by Crippen LogP contribution is 2.52.